The van der Waals surface area contributed by atoms with Crippen molar-refractivity contribution in [3.05, 3.63) is 66.0 Å². The lowest BCUT2D eigenvalue weighted by Gasteiger charge is -2.35. The summed E-state index contributed by atoms with van der Waals surface area (Å²) in [5.74, 6) is 3.44. The standard InChI is InChI=1S/C24H27N5O3/c1-17-4-8-21(9-5-17)32-23-16-22(25-18(2)26-23)28-12-14-29(15-13-28)24(30)27-19-6-10-20(31-3)11-7-19/h4-11,16H,12-15H2,1-3H3,(H,27,30). The van der Waals surface area contributed by atoms with E-state index in [0.717, 1.165) is 23.0 Å². The van der Waals surface area contributed by atoms with Crippen LogP contribution in [0.4, 0.5) is 16.3 Å². The van der Waals surface area contributed by atoms with Crippen LogP contribution in [0.25, 0.3) is 0 Å². The van der Waals surface area contributed by atoms with Crippen molar-refractivity contribution in [2.75, 3.05) is 43.5 Å². The van der Waals surface area contributed by atoms with Gasteiger partial charge in [0.2, 0.25) is 5.88 Å². The fraction of sp³-hybridized carbons (Fsp3) is 0.292. The quantitative estimate of drug-likeness (QED) is 0.648. The summed E-state index contributed by atoms with van der Waals surface area (Å²) in [7, 11) is 1.61. The van der Waals surface area contributed by atoms with Gasteiger partial charge in [0, 0.05) is 37.9 Å². The van der Waals surface area contributed by atoms with E-state index >= 15 is 0 Å². The van der Waals surface area contributed by atoms with E-state index in [4.69, 9.17) is 9.47 Å². The first kappa shape index (κ1) is 21.4. The van der Waals surface area contributed by atoms with Crippen molar-refractivity contribution in [3.63, 3.8) is 0 Å². The maximum Gasteiger partial charge on any atom is 0.321 e. The highest BCUT2D eigenvalue weighted by atomic mass is 16.5. The second-order valence-corrected chi connectivity index (χ2v) is 7.66. The second-order valence-electron chi connectivity index (χ2n) is 7.66. The minimum absolute atomic E-state index is 0.114. The Kier molecular flexibility index (Phi) is 6.39. The molecule has 1 aliphatic heterocycles. The van der Waals surface area contributed by atoms with Gasteiger partial charge in [0.15, 0.2) is 0 Å². The number of hydrogen-bond donors (Lipinski definition) is 1. The smallest absolute Gasteiger partial charge is 0.321 e. The SMILES string of the molecule is COc1ccc(NC(=O)N2CCN(c3cc(Oc4ccc(C)cc4)nc(C)n3)CC2)cc1. The number of methoxy groups -OCH3 is 1. The molecule has 0 radical (unpaired) electrons. The number of aryl methyl sites for hydroxylation is 2. The topological polar surface area (TPSA) is 79.8 Å². The summed E-state index contributed by atoms with van der Waals surface area (Å²) in [6, 6.07) is 16.9. The molecule has 2 aromatic carbocycles. The van der Waals surface area contributed by atoms with Crippen LogP contribution in [0.15, 0.2) is 54.6 Å². The van der Waals surface area contributed by atoms with Crippen LogP contribution in [-0.4, -0.2) is 54.2 Å². The van der Waals surface area contributed by atoms with Gasteiger partial charge in [-0.3, -0.25) is 0 Å². The van der Waals surface area contributed by atoms with Crippen molar-refractivity contribution < 1.29 is 14.3 Å². The molecule has 166 valence electrons. The van der Waals surface area contributed by atoms with Crippen LogP contribution in [0, 0.1) is 13.8 Å². The summed E-state index contributed by atoms with van der Waals surface area (Å²) < 4.78 is 11.1. The first-order valence-electron chi connectivity index (χ1n) is 10.6. The fourth-order valence-electron chi connectivity index (χ4n) is 3.48. The zero-order chi connectivity index (χ0) is 22.5. The molecular formula is C24H27N5O3. The Morgan fingerprint density at radius 3 is 2.22 bits per heavy atom. The van der Waals surface area contributed by atoms with Crippen molar-refractivity contribution in [1.29, 1.82) is 0 Å². The van der Waals surface area contributed by atoms with E-state index < -0.39 is 0 Å². The molecule has 1 saturated heterocycles. The maximum absolute atomic E-state index is 12.6. The number of urea groups is 1. The number of rotatable bonds is 5. The van der Waals surface area contributed by atoms with Gasteiger partial charge < -0.3 is 24.6 Å². The van der Waals surface area contributed by atoms with Gasteiger partial charge in [-0.1, -0.05) is 17.7 Å². The van der Waals surface area contributed by atoms with Crippen LogP contribution in [0.5, 0.6) is 17.4 Å². The van der Waals surface area contributed by atoms with Crippen LogP contribution in [0.1, 0.15) is 11.4 Å². The summed E-state index contributed by atoms with van der Waals surface area (Å²) >= 11 is 0. The Morgan fingerprint density at radius 1 is 0.906 bits per heavy atom. The van der Waals surface area contributed by atoms with Crippen LogP contribution >= 0.6 is 0 Å². The lowest BCUT2D eigenvalue weighted by molar-refractivity contribution is 0.208. The highest BCUT2D eigenvalue weighted by molar-refractivity contribution is 5.89. The summed E-state index contributed by atoms with van der Waals surface area (Å²) in [6.45, 7) is 6.43. The molecule has 8 heteroatoms. The Hall–Kier alpha value is -3.81. The largest absolute Gasteiger partial charge is 0.497 e. The van der Waals surface area contributed by atoms with Crippen LogP contribution in [-0.2, 0) is 0 Å². The van der Waals surface area contributed by atoms with E-state index in [2.05, 4.69) is 20.2 Å². The Bertz CT molecular complexity index is 1060. The lowest BCUT2D eigenvalue weighted by Crippen LogP contribution is -2.50. The minimum Gasteiger partial charge on any atom is -0.497 e. The molecule has 0 aliphatic carbocycles. The molecule has 1 aliphatic rings. The van der Waals surface area contributed by atoms with Crippen LogP contribution < -0.4 is 19.7 Å². The van der Waals surface area contributed by atoms with E-state index in [-0.39, 0.29) is 6.03 Å². The summed E-state index contributed by atoms with van der Waals surface area (Å²) in [5.41, 5.74) is 1.91. The number of amides is 2. The predicted molar refractivity (Wildman–Crippen MR) is 124 cm³/mol. The van der Waals surface area contributed by atoms with E-state index in [0.29, 0.717) is 37.9 Å². The zero-order valence-electron chi connectivity index (χ0n) is 18.5. The average Bonchev–Trinajstić information content (AvgIpc) is 2.81. The maximum atomic E-state index is 12.6. The molecule has 0 atom stereocenters. The normalized spacial score (nSPS) is 13.6. The first-order chi connectivity index (χ1) is 15.5. The molecule has 32 heavy (non-hydrogen) atoms. The number of aromatic nitrogens is 2. The molecule has 0 spiro atoms. The van der Waals surface area contributed by atoms with Gasteiger partial charge in [0.05, 0.1) is 7.11 Å². The Morgan fingerprint density at radius 2 is 1.56 bits per heavy atom. The van der Waals surface area contributed by atoms with E-state index in [1.807, 2.05) is 68.4 Å². The molecule has 0 bridgehead atoms. The third-order valence-electron chi connectivity index (χ3n) is 5.28. The number of ether oxygens (including phenoxy) is 2. The fourth-order valence-corrected chi connectivity index (χ4v) is 3.48. The number of anilines is 2. The number of hydrogen-bond acceptors (Lipinski definition) is 6. The monoisotopic (exact) mass is 433 g/mol. The number of benzene rings is 2. The third kappa shape index (κ3) is 5.26. The van der Waals surface area contributed by atoms with Crippen molar-refractivity contribution in [2.24, 2.45) is 0 Å². The summed E-state index contributed by atoms with van der Waals surface area (Å²) in [5, 5.41) is 2.93. The average molecular weight is 434 g/mol. The molecule has 1 fully saturated rings. The van der Waals surface area contributed by atoms with Gasteiger partial charge in [-0.25, -0.2) is 9.78 Å². The van der Waals surface area contributed by atoms with Gasteiger partial charge in [0.1, 0.15) is 23.1 Å². The summed E-state index contributed by atoms with van der Waals surface area (Å²) in [4.78, 5) is 25.5. The van der Waals surface area contributed by atoms with Gasteiger partial charge in [-0.2, -0.15) is 4.98 Å². The van der Waals surface area contributed by atoms with E-state index in [1.165, 1.54) is 5.56 Å². The van der Waals surface area contributed by atoms with Gasteiger partial charge >= 0.3 is 6.03 Å². The molecule has 2 amide bonds. The van der Waals surface area contributed by atoms with Crippen molar-refractivity contribution >= 4 is 17.5 Å². The van der Waals surface area contributed by atoms with E-state index in [1.54, 1.807) is 12.0 Å². The molecule has 1 aromatic heterocycles. The number of carbonyl (C=O) groups is 1. The van der Waals surface area contributed by atoms with Crippen LogP contribution in [0.2, 0.25) is 0 Å². The first-order valence-corrected chi connectivity index (χ1v) is 10.6. The number of nitrogens with one attached hydrogen (secondary N) is 1. The molecule has 1 N–H and O–H groups in total. The van der Waals surface area contributed by atoms with E-state index in [9.17, 15) is 4.79 Å². The predicted octanol–water partition coefficient (Wildman–Crippen LogP) is 4.25. The van der Waals surface area contributed by atoms with Gasteiger partial charge in [-0.05, 0) is 50.2 Å². The molecule has 0 saturated carbocycles. The van der Waals surface area contributed by atoms with Gasteiger partial charge in [0.25, 0.3) is 0 Å². The van der Waals surface area contributed by atoms with Crippen molar-refractivity contribution in [1.82, 2.24) is 14.9 Å². The van der Waals surface area contributed by atoms with Crippen LogP contribution in [0.3, 0.4) is 0 Å². The number of nitrogens with zero attached hydrogens (tertiary/aromatic N) is 4. The highest BCUT2D eigenvalue weighted by Crippen LogP contribution is 2.24. The molecule has 0 unspecified atom stereocenters. The lowest BCUT2D eigenvalue weighted by atomic mass is 10.2. The molecule has 2 heterocycles. The molecule has 8 nitrogen and oxygen atoms in total. The van der Waals surface area contributed by atoms with Crippen molar-refractivity contribution in [3.8, 4) is 17.4 Å². The summed E-state index contributed by atoms with van der Waals surface area (Å²) in [6.07, 6.45) is 0. The number of piperazine rings is 1. The van der Waals surface area contributed by atoms with Gasteiger partial charge in [-0.15, -0.1) is 0 Å². The van der Waals surface area contributed by atoms with Crippen molar-refractivity contribution in [2.45, 2.75) is 13.8 Å². The third-order valence-corrected chi connectivity index (χ3v) is 5.28. The Labute approximate surface area is 187 Å². The highest BCUT2D eigenvalue weighted by Gasteiger charge is 2.23. The zero-order valence-corrected chi connectivity index (χ0v) is 18.5. The number of carbonyl (C=O) groups excluding carboxylic acids is 1. The Balaban J connectivity index is 1.36. The molecule has 3 aromatic rings. The molecular weight excluding hydrogens is 406 g/mol. The minimum atomic E-state index is -0.114. The second kappa shape index (κ2) is 9.55. The molecule has 4 rings (SSSR count).